The van der Waals surface area contributed by atoms with Crippen molar-refractivity contribution in [2.24, 2.45) is 0 Å². The summed E-state index contributed by atoms with van der Waals surface area (Å²) in [6, 6.07) is 8.40. The van der Waals surface area contributed by atoms with Gasteiger partial charge >= 0.3 is 0 Å². The third kappa shape index (κ3) is 1.04. The summed E-state index contributed by atoms with van der Waals surface area (Å²) in [5.74, 6) is 0. The molecule has 0 atom stereocenters. The molecule has 0 heterocycles. The number of benzene rings is 1. The van der Waals surface area contributed by atoms with Crippen molar-refractivity contribution < 1.29 is 0 Å². The van der Waals surface area contributed by atoms with Crippen LogP contribution in [0.5, 0.6) is 0 Å². The monoisotopic (exact) mass is 242 g/mol. The Morgan fingerprint density at radius 3 is 1.94 bits per heavy atom. The molecule has 0 bridgehead atoms. The Hall–Kier alpha value is -1.12. The van der Waals surface area contributed by atoms with Gasteiger partial charge in [-0.1, -0.05) is 48.7 Å². The summed E-state index contributed by atoms with van der Waals surface area (Å²) in [4.78, 5) is 0. The number of rotatable bonds is 0. The first-order valence-corrected chi connectivity index (χ1v) is 6.05. The van der Waals surface area contributed by atoms with E-state index in [-0.39, 0.29) is 0 Å². The molecule has 78 valence electrons. The molecule has 0 N–H and O–H groups in total. The molecule has 0 saturated heterocycles. The zero-order chi connectivity index (χ0) is 11.4. The second kappa shape index (κ2) is 3.19. The van der Waals surface area contributed by atoms with Crippen molar-refractivity contribution in [1.29, 1.82) is 0 Å². The minimum Gasteiger partial charge on any atom is -0.0782 e. The van der Waals surface area contributed by atoms with Gasteiger partial charge in [0.25, 0.3) is 0 Å². The molecule has 1 aromatic rings. The Kier molecular flexibility index (Phi) is 2.00. The first kappa shape index (κ1) is 10.1. The highest BCUT2D eigenvalue weighted by atomic mass is 32.1. The van der Waals surface area contributed by atoms with E-state index in [4.69, 9.17) is 24.4 Å². The molecule has 0 unspecified atom stereocenters. The number of fused-ring (bicyclic) bond motifs is 3. The van der Waals surface area contributed by atoms with Crippen molar-refractivity contribution in [3.8, 4) is 0 Å². The molecule has 3 rings (SSSR count). The van der Waals surface area contributed by atoms with Gasteiger partial charge in [-0.15, -0.1) is 0 Å². The van der Waals surface area contributed by atoms with Gasteiger partial charge in [0.05, 0.1) is 9.02 Å². The Labute approximate surface area is 104 Å². The molecule has 16 heavy (non-hydrogen) atoms. The van der Waals surface area contributed by atoms with Gasteiger partial charge in [0.15, 0.2) is 0 Å². The van der Waals surface area contributed by atoms with Gasteiger partial charge in [-0.2, -0.15) is 0 Å². The van der Waals surface area contributed by atoms with E-state index >= 15 is 0 Å². The van der Waals surface area contributed by atoms with E-state index in [0.29, 0.717) is 0 Å². The molecular formula is C14H10S2. The molecule has 0 aliphatic heterocycles. The lowest BCUT2D eigenvalue weighted by Gasteiger charge is -2.12. The predicted octanol–water partition coefficient (Wildman–Crippen LogP) is 4.52. The lowest BCUT2D eigenvalue weighted by Crippen LogP contribution is -1.96. The zero-order valence-electron chi connectivity index (χ0n) is 9.13. The molecule has 1 aromatic carbocycles. The summed E-state index contributed by atoms with van der Waals surface area (Å²) in [6.45, 7) is 4.20. The molecule has 0 spiro atoms. The fraction of sp³-hybridized carbons (Fsp3) is 0.143. The van der Waals surface area contributed by atoms with E-state index in [1.165, 1.54) is 26.8 Å². The van der Waals surface area contributed by atoms with E-state index in [0.717, 1.165) is 14.6 Å². The van der Waals surface area contributed by atoms with Crippen molar-refractivity contribution in [2.45, 2.75) is 13.8 Å². The van der Waals surface area contributed by atoms with Crippen molar-refractivity contribution in [3.05, 3.63) is 54.8 Å². The Morgan fingerprint density at radius 2 is 1.31 bits per heavy atom. The van der Waals surface area contributed by atoms with Gasteiger partial charge in [-0.25, -0.2) is 0 Å². The molecule has 0 fully saturated rings. The summed E-state index contributed by atoms with van der Waals surface area (Å²) in [6.07, 6.45) is 0. The van der Waals surface area contributed by atoms with Crippen LogP contribution >= 0.6 is 24.4 Å². The fourth-order valence-electron chi connectivity index (χ4n) is 2.39. The summed E-state index contributed by atoms with van der Waals surface area (Å²) in [5.41, 5.74) is 2.44. The lowest BCUT2D eigenvalue weighted by atomic mass is 9.92. The van der Waals surface area contributed by atoms with Gasteiger partial charge < -0.3 is 0 Å². The standard InChI is InChI=1S/C14H10S2/c1-7-8(2)13(15)14(16)12-10-6-4-3-5-9(10)11(7)12/h3-6H,1-2H3. The summed E-state index contributed by atoms with van der Waals surface area (Å²) in [7, 11) is 0. The van der Waals surface area contributed by atoms with E-state index in [9.17, 15) is 0 Å². The van der Waals surface area contributed by atoms with Crippen LogP contribution in [-0.4, -0.2) is 0 Å². The normalized spacial score (nSPS) is 11.6. The smallest absolute Gasteiger partial charge is 0.0645 e. The third-order valence-corrected chi connectivity index (χ3v) is 4.47. The first-order valence-electron chi connectivity index (χ1n) is 5.24. The average Bonchev–Trinajstić information content (AvgIpc) is 2.27. The predicted molar refractivity (Wildman–Crippen MR) is 72.8 cm³/mol. The van der Waals surface area contributed by atoms with E-state index < -0.39 is 0 Å². The van der Waals surface area contributed by atoms with Crippen LogP contribution in [0.1, 0.15) is 11.1 Å². The third-order valence-electron chi connectivity index (χ3n) is 3.43. The Morgan fingerprint density at radius 1 is 0.750 bits per heavy atom. The maximum Gasteiger partial charge on any atom is 0.0645 e. The molecule has 2 heteroatoms. The van der Waals surface area contributed by atoms with Crippen LogP contribution in [0.3, 0.4) is 0 Å². The number of hydrogen-bond donors (Lipinski definition) is 0. The molecule has 0 amide bonds. The van der Waals surface area contributed by atoms with Crippen LogP contribution in [0, 0.1) is 33.3 Å². The molecule has 2 aliphatic carbocycles. The molecule has 2 aliphatic rings. The summed E-state index contributed by atoms with van der Waals surface area (Å²) in [5, 5.41) is 5.08. The van der Waals surface area contributed by atoms with E-state index in [1.54, 1.807) is 0 Å². The van der Waals surface area contributed by atoms with Gasteiger partial charge in [-0.05, 0) is 41.0 Å². The van der Waals surface area contributed by atoms with Crippen LogP contribution in [0.4, 0.5) is 0 Å². The molecule has 0 nitrogen and oxygen atoms in total. The maximum absolute atomic E-state index is 5.45. The largest absolute Gasteiger partial charge is 0.0782 e. The topological polar surface area (TPSA) is 0 Å². The number of hydrogen-bond acceptors (Lipinski definition) is 2. The van der Waals surface area contributed by atoms with Crippen LogP contribution in [0.15, 0.2) is 24.3 Å². The van der Waals surface area contributed by atoms with Gasteiger partial charge in [0, 0.05) is 5.22 Å². The van der Waals surface area contributed by atoms with Crippen molar-refractivity contribution in [2.75, 3.05) is 0 Å². The molecule has 0 saturated carbocycles. The van der Waals surface area contributed by atoms with Crippen molar-refractivity contribution in [3.63, 3.8) is 0 Å². The second-order valence-electron chi connectivity index (χ2n) is 4.20. The van der Waals surface area contributed by atoms with Gasteiger partial charge in [-0.3, -0.25) is 0 Å². The summed E-state index contributed by atoms with van der Waals surface area (Å²) < 4.78 is 1.70. The summed E-state index contributed by atoms with van der Waals surface area (Å²) >= 11 is 10.8. The van der Waals surface area contributed by atoms with Crippen LogP contribution in [0.2, 0.25) is 0 Å². The minimum atomic E-state index is 0.848. The van der Waals surface area contributed by atoms with Crippen LogP contribution in [-0.2, 0) is 0 Å². The first-order chi connectivity index (χ1) is 7.63. The highest BCUT2D eigenvalue weighted by molar-refractivity contribution is 7.74. The van der Waals surface area contributed by atoms with Crippen molar-refractivity contribution >= 4 is 35.2 Å². The Balaban J connectivity index is 2.82. The maximum atomic E-state index is 5.45. The second-order valence-corrected chi connectivity index (χ2v) is 5.02. The van der Waals surface area contributed by atoms with Crippen LogP contribution < -0.4 is 0 Å². The zero-order valence-corrected chi connectivity index (χ0v) is 10.8. The minimum absolute atomic E-state index is 0.848. The fourth-order valence-corrected chi connectivity index (χ4v) is 3.01. The molecular weight excluding hydrogens is 232 g/mol. The van der Waals surface area contributed by atoms with Gasteiger partial charge in [0.1, 0.15) is 0 Å². The molecule has 0 radical (unpaired) electrons. The Bertz CT molecular complexity index is 849. The molecule has 0 aromatic heterocycles. The highest BCUT2D eigenvalue weighted by Crippen LogP contribution is 2.29. The van der Waals surface area contributed by atoms with Crippen molar-refractivity contribution in [1.82, 2.24) is 0 Å². The quantitative estimate of drug-likeness (QED) is 0.532. The lowest BCUT2D eigenvalue weighted by molar-refractivity contribution is 1.27. The van der Waals surface area contributed by atoms with E-state index in [1.807, 2.05) is 0 Å². The highest BCUT2D eigenvalue weighted by Gasteiger charge is 2.12. The average molecular weight is 242 g/mol. The SMILES string of the molecule is Cc1c(C)c2c3ccccc3c=2c(=S)c1=S. The van der Waals surface area contributed by atoms with Crippen LogP contribution in [0.25, 0.3) is 10.8 Å². The van der Waals surface area contributed by atoms with E-state index in [2.05, 4.69) is 38.1 Å². The van der Waals surface area contributed by atoms with Gasteiger partial charge in [0.2, 0.25) is 0 Å².